The van der Waals surface area contributed by atoms with Crippen LogP contribution in [0.3, 0.4) is 0 Å². The second-order valence-corrected chi connectivity index (χ2v) is 5.56. The summed E-state index contributed by atoms with van der Waals surface area (Å²) in [4.78, 5) is 4.83. The summed E-state index contributed by atoms with van der Waals surface area (Å²) in [6, 6.07) is 8.89. The van der Waals surface area contributed by atoms with Gasteiger partial charge >= 0.3 is 0 Å². The fourth-order valence-corrected chi connectivity index (χ4v) is 2.48. The second kappa shape index (κ2) is 8.25. The zero-order valence-corrected chi connectivity index (χ0v) is 12.5. The number of nitrogens with zero attached hydrogens (tertiary/aromatic N) is 2. The molecule has 0 amide bonds. The summed E-state index contributed by atoms with van der Waals surface area (Å²) in [5.41, 5.74) is 2.66. The largest absolute Gasteiger partial charge is 0.396 e. The summed E-state index contributed by atoms with van der Waals surface area (Å²) >= 11 is 0. The highest BCUT2D eigenvalue weighted by atomic mass is 16.2. The number of aliphatic hydroxyl groups is 1. The van der Waals surface area contributed by atoms with Gasteiger partial charge in [-0.25, -0.2) is 0 Å². The van der Waals surface area contributed by atoms with E-state index in [-0.39, 0.29) is 0 Å². The lowest BCUT2D eigenvalue weighted by atomic mass is 10.1. The third-order valence-electron chi connectivity index (χ3n) is 3.90. The minimum atomic E-state index is 0.293. The standard InChI is InChI=1S/C16H27N3O/c1-18-9-11-19(12-10-18)16-6-4-15(5-7-16)14-17-8-2-3-13-20/h4-7,17,20H,2-3,8-14H2,1H3. The van der Waals surface area contributed by atoms with Gasteiger partial charge in [0.15, 0.2) is 0 Å². The van der Waals surface area contributed by atoms with E-state index in [4.69, 9.17) is 5.11 Å². The van der Waals surface area contributed by atoms with Crippen LogP contribution >= 0.6 is 0 Å². The molecule has 1 aromatic carbocycles. The van der Waals surface area contributed by atoms with Gasteiger partial charge in [0, 0.05) is 45.0 Å². The summed E-state index contributed by atoms with van der Waals surface area (Å²) in [6.45, 7) is 6.71. The summed E-state index contributed by atoms with van der Waals surface area (Å²) in [5, 5.41) is 12.1. The molecule has 1 fully saturated rings. The number of hydrogen-bond acceptors (Lipinski definition) is 4. The molecule has 1 saturated heterocycles. The molecule has 112 valence electrons. The van der Waals surface area contributed by atoms with Crippen molar-refractivity contribution in [1.82, 2.24) is 10.2 Å². The maximum Gasteiger partial charge on any atom is 0.0431 e. The van der Waals surface area contributed by atoms with Crippen molar-refractivity contribution in [2.45, 2.75) is 19.4 Å². The Morgan fingerprint density at radius 3 is 2.40 bits per heavy atom. The number of likely N-dealkylation sites (N-methyl/N-ethyl adjacent to an activating group) is 1. The molecular formula is C16H27N3O. The molecule has 0 aliphatic carbocycles. The molecule has 0 saturated carbocycles. The SMILES string of the molecule is CN1CCN(c2ccc(CNCCCCO)cc2)CC1. The predicted octanol–water partition coefficient (Wildman–Crippen LogP) is 1.30. The summed E-state index contributed by atoms with van der Waals surface area (Å²) in [6.07, 6.45) is 1.92. The fourth-order valence-electron chi connectivity index (χ4n) is 2.48. The van der Waals surface area contributed by atoms with Crippen LogP contribution in [0.5, 0.6) is 0 Å². The fraction of sp³-hybridized carbons (Fsp3) is 0.625. The Kier molecular flexibility index (Phi) is 6.30. The highest BCUT2D eigenvalue weighted by Gasteiger charge is 2.13. The smallest absolute Gasteiger partial charge is 0.0431 e. The average molecular weight is 277 g/mol. The van der Waals surface area contributed by atoms with Crippen molar-refractivity contribution in [2.24, 2.45) is 0 Å². The molecule has 2 rings (SSSR count). The van der Waals surface area contributed by atoms with Gasteiger partial charge in [-0.15, -0.1) is 0 Å². The molecule has 1 aliphatic heterocycles. The minimum absolute atomic E-state index is 0.293. The molecule has 0 radical (unpaired) electrons. The molecule has 2 N–H and O–H groups in total. The number of benzene rings is 1. The van der Waals surface area contributed by atoms with Gasteiger partial charge in [-0.05, 0) is 44.1 Å². The Morgan fingerprint density at radius 2 is 1.75 bits per heavy atom. The summed E-state index contributed by atoms with van der Waals surface area (Å²) < 4.78 is 0. The number of aliphatic hydroxyl groups excluding tert-OH is 1. The summed E-state index contributed by atoms with van der Waals surface area (Å²) in [5.74, 6) is 0. The number of rotatable bonds is 7. The van der Waals surface area contributed by atoms with Crippen LogP contribution in [0.4, 0.5) is 5.69 Å². The van der Waals surface area contributed by atoms with E-state index in [1.54, 1.807) is 0 Å². The first-order valence-electron chi connectivity index (χ1n) is 7.63. The molecule has 0 spiro atoms. The number of anilines is 1. The van der Waals surface area contributed by atoms with Crippen molar-refractivity contribution >= 4 is 5.69 Å². The van der Waals surface area contributed by atoms with Gasteiger partial charge in [-0.3, -0.25) is 0 Å². The monoisotopic (exact) mass is 277 g/mol. The van der Waals surface area contributed by atoms with Gasteiger partial charge < -0.3 is 20.2 Å². The molecule has 1 aliphatic rings. The van der Waals surface area contributed by atoms with Crippen molar-refractivity contribution < 1.29 is 5.11 Å². The molecule has 20 heavy (non-hydrogen) atoms. The predicted molar refractivity (Wildman–Crippen MR) is 84.2 cm³/mol. The first-order chi connectivity index (χ1) is 9.79. The molecule has 0 unspecified atom stereocenters. The zero-order chi connectivity index (χ0) is 14.2. The minimum Gasteiger partial charge on any atom is -0.396 e. The third kappa shape index (κ3) is 4.78. The van der Waals surface area contributed by atoms with Crippen LogP contribution in [0.15, 0.2) is 24.3 Å². The van der Waals surface area contributed by atoms with Crippen molar-refractivity contribution in [3.05, 3.63) is 29.8 Å². The van der Waals surface area contributed by atoms with E-state index in [0.29, 0.717) is 6.61 Å². The highest BCUT2D eigenvalue weighted by molar-refractivity contribution is 5.48. The molecule has 0 aromatic heterocycles. The van der Waals surface area contributed by atoms with Crippen molar-refractivity contribution in [3.63, 3.8) is 0 Å². The molecular weight excluding hydrogens is 250 g/mol. The topological polar surface area (TPSA) is 38.7 Å². The Balaban J connectivity index is 1.75. The molecule has 0 bridgehead atoms. The van der Waals surface area contributed by atoms with E-state index in [2.05, 4.69) is 46.4 Å². The van der Waals surface area contributed by atoms with E-state index in [1.165, 1.54) is 11.3 Å². The van der Waals surface area contributed by atoms with Crippen LogP contribution in [-0.2, 0) is 6.54 Å². The maximum atomic E-state index is 8.72. The van der Waals surface area contributed by atoms with Crippen LogP contribution < -0.4 is 10.2 Å². The first kappa shape index (κ1) is 15.3. The highest BCUT2D eigenvalue weighted by Crippen LogP contribution is 2.16. The van der Waals surface area contributed by atoms with Gasteiger partial charge in [0.1, 0.15) is 0 Å². The Morgan fingerprint density at radius 1 is 1.05 bits per heavy atom. The van der Waals surface area contributed by atoms with Crippen molar-refractivity contribution in [3.8, 4) is 0 Å². The van der Waals surface area contributed by atoms with Crippen LogP contribution in [0.1, 0.15) is 18.4 Å². The van der Waals surface area contributed by atoms with Gasteiger partial charge in [0.25, 0.3) is 0 Å². The van der Waals surface area contributed by atoms with Gasteiger partial charge in [0.05, 0.1) is 0 Å². The number of piperazine rings is 1. The number of hydrogen-bond donors (Lipinski definition) is 2. The molecule has 4 nitrogen and oxygen atoms in total. The summed E-state index contributed by atoms with van der Waals surface area (Å²) in [7, 11) is 2.18. The van der Waals surface area contributed by atoms with Gasteiger partial charge in [-0.2, -0.15) is 0 Å². The third-order valence-corrected chi connectivity index (χ3v) is 3.90. The second-order valence-electron chi connectivity index (χ2n) is 5.56. The van der Waals surface area contributed by atoms with Crippen LogP contribution in [0.25, 0.3) is 0 Å². The normalized spacial score (nSPS) is 16.6. The molecule has 4 heteroatoms. The first-order valence-corrected chi connectivity index (χ1v) is 7.63. The molecule has 0 atom stereocenters. The Bertz CT molecular complexity index is 372. The van der Waals surface area contributed by atoms with E-state index in [9.17, 15) is 0 Å². The van der Waals surface area contributed by atoms with Crippen molar-refractivity contribution in [1.29, 1.82) is 0 Å². The molecule has 1 heterocycles. The average Bonchev–Trinajstić information content (AvgIpc) is 2.49. The lowest BCUT2D eigenvalue weighted by Crippen LogP contribution is -2.44. The molecule has 1 aromatic rings. The van der Waals surface area contributed by atoms with Crippen LogP contribution in [0, 0.1) is 0 Å². The zero-order valence-electron chi connectivity index (χ0n) is 12.5. The maximum absolute atomic E-state index is 8.72. The lowest BCUT2D eigenvalue weighted by molar-refractivity contribution is 0.283. The Hall–Kier alpha value is -1.10. The van der Waals surface area contributed by atoms with E-state index >= 15 is 0 Å². The van der Waals surface area contributed by atoms with E-state index in [1.807, 2.05) is 0 Å². The van der Waals surface area contributed by atoms with Crippen LogP contribution in [-0.4, -0.2) is 56.4 Å². The lowest BCUT2D eigenvalue weighted by Gasteiger charge is -2.34. The van der Waals surface area contributed by atoms with Gasteiger partial charge in [0.2, 0.25) is 0 Å². The Labute approximate surface area is 122 Å². The van der Waals surface area contributed by atoms with E-state index < -0.39 is 0 Å². The van der Waals surface area contributed by atoms with Crippen molar-refractivity contribution in [2.75, 3.05) is 51.3 Å². The van der Waals surface area contributed by atoms with Crippen LogP contribution in [0.2, 0.25) is 0 Å². The number of unbranched alkanes of at least 4 members (excludes halogenated alkanes) is 1. The van der Waals surface area contributed by atoms with E-state index in [0.717, 1.165) is 52.1 Å². The quantitative estimate of drug-likeness (QED) is 0.737. The van der Waals surface area contributed by atoms with Gasteiger partial charge in [-0.1, -0.05) is 12.1 Å². The number of nitrogens with one attached hydrogen (secondary N) is 1.